The number of carbonyl (C=O) groups is 2. The molecule has 5 nitrogen and oxygen atoms in total. The molecule has 0 aromatic heterocycles. The summed E-state index contributed by atoms with van der Waals surface area (Å²) >= 11 is 0. The number of aliphatic carboxylic acids is 1. The van der Waals surface area contributed by atoms with E-state index in [2.05, 4.69) is 0 Å². The molecular formula is C7H8F3NO4. The number of carboxylic acids is 1. The average molecular weight is 227 g/mol. The maximum Gasteiger partial charge on any atom is 0.471 e. The number of aliphatic hydroxyl groups is 1. The van der Waals surface area contributed by atoms with Crippen LogP contribution in [0.2, 0.25) is 0 Å². The SMILES string of the molecule is O=C(O)[C@@H]1C[C@H](O)CN1C(=O)C(F)(F)F. The Kier molecular flexibility index (Phi) is 2.89. The lowest BCUT2D eigenvalue weighted by Crippen LogP contribution is -2.47. The first-order chi connectivity index (χ1) is 6.73. The summed E-state index contributed by atoms with van der Waals surface area (Å²) in [5, 5.41) is 17.6. The number of amides is 1. The van der Waals surface area contributed by atoms with Gasteiger partial charge in [-0.3, -0.25) is 4.79 Å². The predicted molar refractivity (Wildman–Crippen MR) is 39.8 cm³/mol. The highest BCUT2D eigenvalue weighted by molar-refractivity contribution is 5.87. The number of aliphatic hydroxyl groups excluding tert-OH is 1. The van der Waals surface area contributed by atoms with Crippen LogP contribution in [0.15, 0.2) is 0 Å². The predicted octanol–water partition coefficient (Wildman–Crippen LogP) is -0.405. The lowest BCUT2D eigenvalue weighted by atomic mass is 10.2. The van der Waals surface area contributed by atoms with Crippen molar-refractivity contribution in [2.45, 2.75) is 24.7 Å². The summed E-state index contributed by atoms with van der Waals surface area (Å²) in [5.41, 5.74) is 0. The Morgan fingerprint density at radius 1 is 1.33 bits per heavy atom. The minimum Gasteiger partial charge on any atom is -0.480 e. The first-order valence-corrected chi connectivity index (χ1v) is 4.02. The van der Waals surface area contributed by atoms with E-state index in [-0.39, 0.29) is 11.3 Å². The molecule has 2 atom stereocenters. The molecule has 1 aliphatic rings. The fourth-order valence-electron chi connectivity index (χ4n) is 1.44. The Bertz CT molecular complexity index is 290. The molecule has 1 amide bonds. The van der Waals surface area contributed by atoms with Gasteiger partial charge in [-0.15, -0.1) is 0 Å². The summed E-state index contributed by atoms with van der Waals surface area (Å²) < 4.78 is 36.0. The molecule has 2 N–H and O–H groups in total. The molecule has 0 saturated carbocycles. The zero-order chi connectivity index (χ0) is 11.8. The average Bonchev–Trinajstić information content (AvgIpc) is 2.44. The fraction of sp³-hybridized carbons (Fsp3) is 0.714. The second-order valence-electron chi connectivity index (χ2n) is 3.20. The van der Waals surface area contributed by atoms with Gasteiger partial charge in [-0.2, -0.15) is 13.2 Å². The number of carboxylic acid groups (broad SMARTS) is 1. The molecule has 8 heteroatoms. The number of hydrogen-bond acceptors (Lipinski definition) is 3. The normalized spacial score (nSPS) is 26.8. The summed E-state index contributed by atoms with van der Waals surface area (Å²) in [6, 6.07) is -1.60. The van der Waals surface area contributed by atoms with E-state index in [0.29, 0.717) is 0 Å². The number of β-amino-alcohol motifs (C(OH)–C–C–N with tert-alkyl or cyclic N) is 1. The van der Waals surface area contributed by atoms with Crippen molar-refractivity contribution in [1.29, 1.82) is 0 Å². The number of rotatable bonds is 1. The topological polar surface area (TPSA) is 77.8 Å². The van der Waals surface area contributed by atoms with Crippen LogP contribution >= 0.6 is 0 Å². The largest absolute Gasteiger partial charge is 0.480 e. The highest BCUT2D eigenvalue weighted by atomic mass is 19.4. The van der Waals surface area contributed by atoms with Crippen molar-refractivity contribution < 1.29 is 33.0 Å². The lowest BCUT2D eigenvalue weighted by molar-refractivity contribution is -0.188. The number of hydrogen-bond donors (Lipinski definition) is 2. The van der Waals surface area contributed by atoms with E-state index < -0.39 is 36.7 Å². The Morgan fingerprint density at radius 3 is 2.27 bits per heavy atom. The van der Waals surface area contributed by atoms with Gasteiger partial charge in [0.15, 0.2) is 0 Å². The Morgan fingerprint density at radius 2 is 1.87 bits per heavy atom. The van der Waals surface area contributed by atoms with Crippen molar-refractivity contribution in [1.82, 2.24) is 4.90 Å². The highest BCUT2D eigenvalue weighted by Gasteiger charge is 2.49. The third-order valence-corrected chi connectivity index (χ3v) is 2.07. The molecular weight excluding hydrogens is 219 g/mol. The molecule has 0 bridgehead atoms. The van der Waals surface area contributed by atoms with E-state index in [1.807, 2.05) is 0 Å². The Balaban J connectivity index is 2.85. The zero-order valence-electron chi connectivity index (χ0n) is 7.36. The molecule has 86 valence electrons. The summed E-state index contributed by atoms with van der Waals surface area (Å²) in [5.74, 6) is -3.78. The molecule has 1 heterocycles. The minimum absolute atomic E-state index is 0.132. The van der Waals surface area contributed by atoms with Crippen LogP contribution in [0.4, 0.5) is 13.2 Å². The molecule has 1 fully saturated rings. The van der Waals surface area contributed by atoms with E-state index in [9.17, 15) is 22.8 Å². The summed E-state index contributed by atoms with van der Waals surface area (Å²) in [4.78, 5) is 21.4. The van der Waals surface area contributed by atoms with Crippen LogP contribution in [0.25, 0.3) is 0 Å². The molecule has 1 rings (SSSR count). The fourth-order valence-corrected chi connectivity index (χ4v) is 1.44. The molecule has 0 unspecified atom stereocenters. The number of nitrogens with zero attached hydrogens (tertiary/aromatic N) is 1. The van der Waals surface area contributed by atoms with Gasteiger partial charge in [-0.25, -0.2) is 4.79 Å². The first-order valence-electron chi connectivity index (χ1n) is 4.02. The van der Waals surface area contributed by atoms with Gasteiger partial charge in [0.25, 0.3) is 0 Å². The molecule has 0 spiro atoms. The summed E-state index contributed by atoms with van der Waals surface area (Å²) in [6.45, 7) is -0.602. The standard InChI is InChI=1S/C7H8F3NO4/c8-7(9,10)6(15)11-2-3(12)1-4(11)5(13)14/h3-4,12H,1-2H2,(H,13,14)/t3-,4-/m0/s1. The van der Waals surface area contributed by atoms with Crippen molar-refractivity contribution in [2.75, 3.05) is 6.54 Å². The Hall–Kier alpha value is -1.31. The van der Waals surface area contributed by atoms with Gasteiger partial charge in [-0.05, 0) is 0 Å². The first kappa shape index (κ1) is 11.8. The second-order valence-corrected chi connectivity index (χ2v) is 3.20. The van der Waals surface area contributed by atoms with E-state index >= 15 is 0 Å². The molecule has 15 heavy (non-hydrogen) atoms. The van der Waals surface area contributed by atoms with Crippen molar-refractivity contribution >= 4 is 11.9 Å². The van der Waals surface area contributed by atoms with Gasteiger partial charge >= 0.3 is 18.1 Å². The molecule has 0 aromatic carbocycles. The highest BCUT2D eigenvalue weighted by Crippen LogP contribution is 2.25. The van der Waals surface area contributed by atoms with E-state index in [1.54, 1.807) is 0 Å². The van der Waals surface area contributed by atoms with E-state index in [1.165, 1.54) is 0 Å². The second kappa shape index (κ2) is 3.69. The van der Waals surface area contributed by atoms with Crippen LogP contribution in [0.3, 0.4) is 0 Å². The van der Waals surface area contributed by atoms with Gasteiger partial charge in [-0.1, -0.05) is 0 Å². The maximum absolute atomic E-state index is 12.0. The number of carbonyl (C=O) groups excluding carboxylic acids is 1. The van der Waals surface area contributed by atoms with Crippen LogP contribution in [0, 0.1) is 0 Å². The van der Waals surface area contributed by atoms with E-state index in [4.69, 9.17) is 10.2 Å². The zero-order valence-corrected chi connectivity index (χ0v) is 7.36. The lowest BCUT2D eigenvalue weighted by Gasteiger charge is -2.21. The van der Waals surface area contributed by atoms with Crippen molar-refractivity contribution in [3.05, 3.63) is 0 Å². The van der Waals surface area contributed by atoms with Crippen molar-refractivity contribution in [2.24, 2.45) is 0 Å². The van der Waals surface area contributed by atoms with Gasteiger partial charge in [0.1, 0.15) is 6.04 Å². The number of halogens is 3. The van der Waals surface area contributed by atoms with Crippen LogP contribution < -0.4 is 0 Å². The molecule has 0 radical (unpaired) electrons. The van der Waals surface area contributed by atoms with Crippen LogP contribution in [-0.2, 0) is 9.59 Å². The quantitative estimate of drug-likeness (QED) is 0.638. The summed E-state index contributed by atoms with van der Waals surface area (Å²) in [7, 11) is 0. The monoisotopic (exact) mass is 227 g/mol. The molecule has 1 saturated heterocycles. The third kappa shape index (κ3) is 2.38. The van der Waals surface area contributed by atoms with Crippen LogP contribution in [0.1, 0.15) is 6.42 Å². The van der Waals surface area contributed by atoms with Gasteiger partial charge in [0.05, 0.1) is 6.10 Å². The Labute approximate surface area is 82.1 Å². The summed E-state index contributed by atoms with van der Waals surface area (Å²) in [6.07, 6.45) is -6.72. The van der Waals surface area contributed by atoms with Crippen molar-refractivity contribution in [3.63, 3.8) is 0 Å². The number of alkyl halides is 3. The van der Waals surface area contributed by atoms with E-state index in [0.717, 1.165) is 0 Å². The van der Waals surface area contributed by atoms with Crippen LogP contribution in [-0.4, -0.2) is 51.9 Å². The van der Waals surface area contributed by atoms with Gasteiger partial charge in [0, 0.05) is 13.0 Å². The van der Waals surface area contributed by atoms with Gasteiger partial charge < -0.3 is 15.1 Å². The third-order valence-electron chi connectivity index (χ3n) is 2.07. The van der Waals surface area contributed by atoms with Crippen molar-refractivity contribution in [3.8, 4) is 0 Å². The number of likely N-dealkylation sites (tertiary alicyclic amines) is 1. The minimum atomic E-state index is -5.11. The van der Waals surface area contributed by atoms with Crippen LogP contribution in [0.5, 0.6) is 0 Å². The smallest absolute Gasteiger partial charge is 0.471 e. The molecule has 0 aliphatic carbocycles. The molecule has 0 aromatic rings. The molecule has 1 aliphatic heterocycles. The maximum atomic E-state index is 12.0. The van der Waals surface area contributed by atoms with Gasteiger partial charge in [0.2, 0.25) is 0 Å².